The molecule has 0 aromatic carbocycles. The second kappa shape index (κ2) is 6.31. The van der Waals surface area contributed by atoms with E-state index < -0.39 is 4.92 Å². The molecule has 0 spiro atoms. The minimum absolute atomic E-state index is 0.0742. The SMILES string of the molecule is COCCCOc1nc(Cl)nc(C)c1[N+](=O)[O-]. The molecule has 7 nitrogen and oxygen atoms in total. The highest BCUT2D eigenvalue weighted by Crippen LogP contribution is 2.28. The number of ether oxygens (including phenoxy) is 2. The Morgan fingerprint density at radius 3 is 2.71 bits per heavy atom. The molecular formula is C9H12ClN3O4. The van der Waals surface area contributed by atoms with E-state index in [0.29, 0.717) is 13.0 Å². The third-order valence-electron chi connectivity index (χ3n) is 1.91. The molecule has 0 atom stereocenters. The van der Waals surface area contributed by atoms with Crippen LogP contribution >= 0.6 is 11.6 Å². The van der Waals surface area contributed by atoms with Gasteiger partial charge in [0.2, 0.25) is 5.28 Å². The Balaban J connectivity index is 2.85. The average Bonchev–Trinajstić information content (AvgIpc) is 2.22. The first-order chi connectivity index (χ1) is 8.06. The molecule has 0 aliphatic heterocycles. The summed E-state index contributed by atoms with van der Waals surface area (Å²) in [6, 6.07) is 0. The van der Waals surface area contributed by atoms with Crippen molar-refractivity contribution in [2.75, 3.05) is 20.3 Å². The fourth-order valence-corrected chi connectivity index (χ4v) is 1.39. The first-order valence-electron chi connectivity index (χ1n) is 4.86. The maximum atomic E-state index is 10.8. The molecule has 0 fully saturated rings. The van der Waals surface area contributed by atoms with Gasteiger partial charge in [-0.2, -0.15) is 4.98 Å². The van der Waals surface area contributed by atoms with Gasteiger partial charge >= 0.3 is 5.69 Å². The number of nitrogens with zero attached hydrogens (tertiary/aromatic N) is 3. The summed E-state index contributed by atoms with van der Waals surface area (Å²) >= 11 is 5.62. The maximum absolute atomic E-state index is 10.8. The Hall–Kier alpha value is -1.47. The summed E-state index contributed by atoms with van der Waals surface area (Å²) in [4.78, 5) is 17.6. The molecule has 0 aliphatic rings. The quantitative estimate of drug-likeness (QED) is 0.336. The zero-order valence-electron chi connectivity index (χ0n) is 9.47. The molecule has 0 unspecified atom stereocenters. The number of aryl methyl sites for hydroxylation is 1. The van der Waals surface area contributed by atoms with Gasteiger partial charge in [-0.15, -0.1) is 0 Å². The summed E-state index contributed by atoms with van der Waals surface area (Å²) in [7, 11) is 1.56. The van der Waals surface area contributed by atoms with Crippen LogP contribution in [0.1, 0.15) is 12.1 Å². The Bertz CT molecular complexity index is 413. The topological polar surface area (TPSA) is 87.4 Å². The van der Waals surface area contributed by atoms with E-state index in [1.807, 2.05) is 0 Å². The Kier molecular flexibility index (Phi) is 5.05. The van der Waals surface area contributed by atoms with Gasteiger partial charge in [0.25, 0.3) is 5.88 Å². The van der Waals surface area contributed by atoms with Crippen molar-refractivity contribution in [3.63, 3.8) is 0 Å². The van der Waals surface area contributed by atoms with E-state index in [1.54, 1.807) is 7.11 Å². The molecule has 0 aliphatic carbocycles. The van der Waals surface area contributed by atoms with Crippen molar-refractivity contribution in [1.82, 2.24) is 9.97 Å². The van der Waals surface area contributed by atoms with Crippen LogP contribution in [0.5, 0.6) is 5.88 Å². The zero-order chi connectivity index (χ0) is 12.8. The van der Waals surface area contributed by atoms with Gasteiger partial charge in [0.05, 0.1) is 11.5 Å². The minimum Gasteiger partial charge on any atom is -0.473 e. The lowest BCUT2D eigenvalue weighted by Crippen LogP contribution is -2.07. The van der Waals surface area contributed by atoms with Crippen molar-refractivity contribution < 1.29 is 14.4 Å². The number of halogens is 1. The van der Waals surface area contributed by atoms with E-state index in [1.165, 1.54) is 6.92 Å². The third kappa shape index (κ3) is 3.79. The molecule has 8 heteroatoms. The van der Waals surface area contributed by atoms with Crippen molar-refractivity contribution >= 4 is 17.3 Å². The van der Waals surface area contributed by atoms with Gasteiger partial charge < -0.3 is 9.47 Å². The van der Waals surface area contributed by atoms with Crippen LogP contribution in [0.2, 0.25) is 5.28 Å². The molecule has 17 heavy (non-hydrogen) atoms. The number of rotatable bonds is 6. The lowest BCUT2D eigenvalue weighted by atomic mass is 10.3. The van der Waals surface area contributed by atoms with Crippen molar-refractivity contribution in [3.8, 4) is 5.88 Å². The predicted molar refractivity (Wildman–Crippen MR) is 60.4 cm³/mol. The maximum Gasteiger partial charge on any atom is 0.352 e. The Labute approximate surface area is 103 Å². The molecule has 0 bridgehead atoms. The normalized spacial score (nSPS) is 10.3. The number of methoxy groups -OCH3 is 1. The lowest BCUT2D eigenvalue weighted by Gasteiger charge is -2.06. The van der Waals surface area contributed by atoms with E-state index in [-0.39, 0.29) is 29.2 Å². The predicted octanol–water partition coefficient (Wildman–Crippen LogP) is 1.76. The van der Waals surface area contributed by atoms with Crippen molar-refractivity contribution in [2.45, 2.75) is 13.3 Å². The number of hydrogen-bond donors (Lipinski definition) is 0. The first kappa shape index (κ1) is 13.6. The summed E-state index contributed by atoms with van der Waals surface area (Å²) in [6.07, 6.45) is 0.605. The summed E-state index contributed by atoms with van der Waals surface area (Å²) < 4.78 is 10.0. The highest BCUT2D eigenvalue weighted by Gasteiger charge is 2.23. The van der Waals surface area contributed by atoms with Crippen LogP contribution in [0, 0.1) is 17.0 Å². The third-order valence-corrected chi connectivity index (χ3v) is 2.08. The van der Waals surface area contributed by atoms with Gasteiger partial charge in [-0.05, 0) is 18.5 Å². The van der Waals surface area contributed by atoms with Crippen LogP contribution < -0.4 is 4.74 Å². The lowest BCUT2D eigenvalue weighted by molar-refractivity contribution is -0.387. The summed E-state index contributed by atoms with van der Waals surface area (Å²) in [5, 5.41) is 10.7. The highest BCUT2D eigenvalue weighted by molar-refractivity contribution is 6.28. The highest BCUT2D eigenvalue weighted by atomic mass is 35.5. The van der Waals surface area contributed by atoms with Gasteiger partial charge in [-0.3, -0.25) is 10.1 Å². The second-order valence-electron chi connectivity index (χ2n) is 3.18. The van der Waals surface area contributed by atoms with Gasteiger partial charge in [0.1, 0.15) is 5.69 Å². The van der Waals surface area contributed by atoms with Gasteiger partial charge in [-0.1, -0.05) is 0 Å². The number of aromatic nitrogens is 2. The Morgan fingerprint density at radius 1 is 1.41 bits per heavy atom. The summed E-state index contributed by atoms with van der Waals surface area (Å²) in [5.74, 6) is -0.108. The van der Waals surface area contributed by atoms with Gasteiger partial charge in [0.15, 0.2) is 0 Å². The second-order valence-corrected chi connectivity index (χ2v) is 3.52. The van der Waals surface area contributed by atoms with Crippen LogP contribution in [0.3, 0.4) is 0 Å². The number of hydrogen-bond acceptors (Lipinski definition) is 6. The molecule has 0 saturated heterocycles. The van der Waals surface area contributed by atoms with Crippen LogP contribution in [-0.4, -0.2) is 35.2 Å². The molecule has 0 radical (unpaired) electrons. The van der Waals surface area contributed by atoms with Crippen molar-refractivity contribution in [1.29, 1.82) is 0 Å². The van der Waals surface area contributed by atoms with E-state index in [9.17, 15) is 10.1 Å². The van der Waals surface area contributed by atoms with Gasteiger partial charge in [-0.25, -0.2) is 4.98 Å². The zero-order valence-corrected chi connectivity index (χ0v) is 10.2. The van der Waals surface area contributed by atoms with E-state index in [4.69, 9.17) is 21.1 Å². The first-order valence-corrected chi connectivity index (χ1v) is 5.24. The van der Waals surface area contributed by atoms with Crippen LogP contribution in [0.15, 0.2) is 0 Å². The van der Waals surface area contributed by atoms with Crippen molar-refractivity contribution in [2.24, 2.45) is 0 Å². The van der Waals surface area contributed by atoms with Crippen LogP contribution in [-0.2, 0) is 4.74 Å². The molecule has 1 aromatic heterocycles. The molecule has 0 saturated carbocycles. The smallest absolute Gasteiger partial charge is 0.352 e. The van der Waals surface area contributed by atoms with E-state index in [2.05, 4.69) is 9.97 Å². The van der Waals surface area contributed by atoms with Crippen LogP contribution in [0.25, 0.3) is 0 Å². The Morgan fingerprint density at radius 2 is 2.12 bits per heavy atom. The average molecular weight is 262 g/mol. The van der Waals surface area contributed by atoms with Gasteiger partial charge in [0, 0.05) is 20.1 Å². The molecule has 1 rings (SSSR count). The van der Waals surface area contributed by atoms with Crippen molar-refractivity contribution in [3.05, 3.63) is 21.1 Å². The molecule has 94 valence electrons. The monoisotopic (exact) mass is 261 g/mol. The fourth-order valence-electron chi connectivity index (χ4n) is 1.19. The number of nitro groups is 1. The molecule has 0 amide bonds. The molecular weight excluding hydrogens is 250 g/mol. The minimum atomic E-state index is -0.586. The molecule has 0 N–H and O–H groups in total. The summed E-state index contributed by atoms with van der Waals surface area (Å²) in [5.41, 5.74) is -0.0800. The largest absolute Gasteiger partial charge is 0.473 e. The van der Waals surface area contributed by atoms with E-state index in [0.717, 1.165) is 0 Å². The van der Waals surface area contributed by atoms with E-state index >= 15 is 0 Å². The molecule has 1 heterocycles. The summed E-state index contributed by atoms with van der Waals surface area (Å²) in [6.45, 7) is 2.25. The molecule has 1 aromatic rings. The standard InChI is InChI=1S/C9H12ClN3O4/c1-6-7(13(14)15)8(12-9(10)11-6)17-5-3-4-16-2/h3-5H2,1-2H3. The van der Waals surface area contributed by atoms with Crippen LogP contribution in [0.4, 0.5) is 5.69 Å². The fraction of sp³-hybridized carbons (Fsp3) is 0.556.